The largest absolute Gasteiger partial charge is 0.289 e. The first-order chi connectivity index (χ1) is 12.6. The maximum atomic E-state index is 12.1. The number of hydrogen-bond acceptors (Lipinski definition) is 3. The van der Waals surface area contributed by atoms with E-state index in [1.165, 1.54) is 17.3 Å². The normalized spacial score (nSPS) is 11.3. The van der Waals surface area contributed by atoms with Crippen molar-refractivity contribution in [2.75, 3.05) is 0 Å². The molecule has 0 saturated heterocycles. The number of rotatable bonds is 5. The summed E-state index contributed by atoms with van der Waals surface area (Å²) in [6.07, 6.45) is 5.21. The highest BCUT2D eigenvalue weighted by molar-refractivity contribution is 5.94. The highest BCUT2D eigenvalue weighted by Gasteiger charge is 2.10. The van der Waals surface area contributed by atoms with Gasteiger partial charge in [-0.05, 0) is 48.7 Å². The van der Waals surface area contributed by atoms with E-state index in [0.717, 1.165) is 16.8 Å². The molecule has 0 aliphatic carbocycles. The molecular formula is C21H20N4O. The minimum atomic E-state index is -0.336. The summed E-state index contributed by atoms with van der Waals surface area (Å²) in [5, 5.41) is 10.9. The SMILES string of the molecule is Cc1ccc(-c2cc(C(=O)N/N=C/C=C/c3ccccc3)[nH]n2)cc1C. The van der Waals surface area contributed by atoms with Crippen molar-refractivity contribution in [3.8, 4) is 11.3 Å². The number of nitrogens with zero attached hydrogens (tertiary/aromatic N) is 2. The number of aromatic amines is 1. The molecule has 2 N–H and O–H groups in total. The van der Waals surface area contributed by atoms with Crippen molar-refractivity contribution >= 4 is 18.2 Å². The van der Waals surface area contributed by atoms with Gasteiger partial charge < -0.3 is 0 Å². The van der Waals surface area contributed by atoms with E-state index in [1.807, 2.05) is 48.5 Å². The maximum absolute atomic E-state index is 12.1. The molecule has 26 heavy (non-hydrogen) atoms. The van der Waals surface area contributed by atoms with Crippen LogP contribution in [-0.4, -0.2) is 22.3 Å². The van der Waals surface area contributed by atoms with Gasteiger partial charge in [0, 0.05) is 11.8 Å². The van der Waals surface area contributed by atoms with Crippen LogP contribution in [0.3, 0.4) is 0 Å². The minimum absolute atomic E-state index is 0.336. The Morgan fingerprint density at radius 3 is 2.65 bits per heavy atom. The number of H-pyrrole nitrogens is 1. The maximum Gasteiger partial charge on any atom is 0.289 e. The zero-order valence-corrected chi connectivity index (χ0v) is 14.7. The predicted octanol–water partition coefficient (Wildman–Crippen LogP) is 4.12. The van der Waals surface area contributed by atoms with Crippen LogP contribution in [0.5, 0.6) is 0 Å². The van der Waals surface area contributed by atoms with E-state index in [-0.39, 0.29) is 5.91 Å². The number of aryl methyl sites for hydroxylation is 2. The fourth-order valence-corrected chi connectivity index (χ4v) is 2.40. The number of nitrogens with one attached hydrogen (secondary N) is 2. The molecule has 0 spiro atoms. The van der Waals surface area contributed by atoms with E-state index >= 15 is 0 Å². The Bertz CT molecular complexity index is 955. The highest BCUT2D eigenvalue weighted by Crippen LogP contribution is 2.20. The van der Waals surface area contributed by atoms with Gasteiger partial charge in [0.05, 0.1) is 5.69 Å². The van der Waals surface area contributed by atoms with Gasteiger partial charge in [0.1, 0.15) is 5.69 Å². The van der Waals surface area contributed by atoms with Crippen molar-refractivity contribution in [2.45, 2.75) is 13.8 Å². The second kappa shape index (κ2) is 8.07. The fraction of sp³-hybridized carbons (Fsp3) is 0.0952. The number of hydrazone groups is 1. The molecule has 3 rings (SSSR count). The number of benzene rings is 2. The summed E-state index contributed by atoms with van der Waals surface area (Å²) in [5.41, 5.74) is 8.02. The van der Waals surface area contributed by atoms with Gasteiger partial charge in [-0.2, -0.15) is 10.2 Å². The predicted molar refractivity (Wildman–Crippen MR) is 105 cm³/mol. The molecule has 1 amide bonds. The first-order valence-electron chi connectivity index (χ1n) is 8.31. The molecule has 0 aliphatic rings. The Hall–Kier alpha value is -3.47. The van der Waals surface area contributed by atoms with Crippen LogP contribution in [0.2, 0.25) is 0 Å². The summed E-state index contributed by atoms with van der Waals surface area (Å²) in [7, 11) is 0. The Morgan fingerprint density at radius 1 is 1.08 bits per heavy atom. The standard InChI is InChI=1S/C21H20N4O/c1-15-10-11-18(13-16(15)2)19-14-20(24-23-19)21(26)25-22-12-6-9-17-7-4-3-5-8-17/h3-14H,1-2H3,(H,23,24)(H,25,26)/b9-6+,22-12+. The quantitative estimate of drug-likeness (QED) is 0.540. The van der Waals surface area contributed by atoms with E-state index in [0.29, 0.717) is 5.69 Å². The van der Waals surface area contributed by atoms with Crippen molar-refractivity contribution in [3.05, 3.63) is 83.1 Å². The smallest absolute Gasteiger partial charge is 0.272 e. The molecular weight excluding hydrogens is 324 g/mol. The number of hydrogen-bond donors (Lipinski definition) is 2. The van der Waals surface area contributed by atoms with Gasteiger partial charge in [-0.15, -0.1) is 0 Å². The van der Waals surface area contributed by atoms with Crippen molar-refractivity contribution in [2.24, 2.45) is 5.10 Å². The Labute approximate surface area is 152 Å². The number of allylic oxidation sites excluding steroid dienone is 1. The molecule has 3 aromatic rings. The average Bonchev–Trinajstić information content (AvgIpc) is 3.15. The molecule has 0 fully saturated rings. The van der Waals surface area contributed by atoms with Crippen molar-refractivity contribution < 1.29 is 4.79 Å². The first kappa shape index (κ1) is 17.4. The third kappa shape index (κ3) is 4.33. The summed E-state index contributed by atoms with van der Waals surface area (Å²) in [6.45, 7) is 4.11. The number of aromatic nitrogens is 2. The van der Waals surface area contributed by atoms with E-state index in [2.05, 4.69) is 40.6 Å². The van der Waals surface area contributed by atoms with Crippen molar-refractivity contribution in [1.29, 1.82) is 0 Å². The molecule has 0 saturated carbocycles. The molecule has 5 nitrogen and oxygen atoms in total. The monoisotopic (exact) mass is 344 g/mol. The van der Waals surface area contributed by atoms with Crippen molar-refractivity contribution in [1.82, 2.24) is 15.6 Å². The summed E-state index contributed by atoms with van der Waals surface area (Å²) in [6, 6.07) is 17.7. The topological polar surface area (TPSA) is 70.1 Å². The lowest BCUT2D eigenvalue weighted by molar-refractivity contribution is 0.0950. The third-order valence-corrected chi connectivity index (χ3v) is 4.04. The second-order valence-electron chi connectivity index (χ2n) is 5.95. The fourth-order valence-electron chi connectivity index (χ4n) is 2.40. The van der Waals surface area contributed by atoms with Crippen LogP contribution in [0, 0.1) is 13.8 Å². The molecule has 1 aromatic heterocycles. The van der Waals surface area contributed by atoms with E-state index in [1.54, 1.807) is 12.1 Å². The van der Waals surface area contributed by atoms with Gasteiger partial charge in [0.25, 0.3) is 5.91 Å². The molecule has 0 aliphatic heterocycles. The van der Waals surface area contributed by atoms with E-state index in [9.17, 15) is 4.79 Å². The number of amides is 1. The molecule has 0 radical (unpaired) electrons. The summed E-state index contributed by atoms with van der Waals surface area (Å²) >= 11 is 0. The van der Waals surface area contributed by atoms with Crippen LogP contribution in [0.4, 0.5) is 0 Å². The van der Waals surface area contributed by atoms with Gasteiger partial charge in [-0.3, -0.25) is 9.89 Å². The van der Waals surface area contributed by atoms with Crippen LogP contribution in [0.25, 0.3) is 17.3 Å². The number of carbonyl (C=O) groups excluding carboxylic acids is 1. The van der Waals surface area contributed by atoms with Gasteiger partial charge in [-0.25, -0.2) is 5.43 Å². The van der Waals surface area contributed by atoms with Crippen LogP contribution in [0.1, 0.15) is 27.2 Å². The summed E-state index contributed by atoms with van der Waals surface area (Å²) in [5.74, 6) is -0.336. The Morgan fingerprint density at radius 2 is 1.88 bits per heavy atom. The van der Waals surface area contributed by atoms with Crippen LogP contribution in [0.15, 0.2) is 65.8 Å². The molecule has 5 heteroatoms. The van der Waals surface area contributed by atoms with Gasteiger partial charge >= 0.3 is 0 Å². The molecule has 2 aromatic carbocycles. The van der Waals surface area contributed by atoms with Gasteiger partial charge in [-0.1, -0.05) is 48.5 Å². The van der Waals surface area contributed by atoms with Crippen LogP contribution in [-0.2, 0) is 0 Å². The Kier molecular flexibility index (Phi) is 5.39. The third-order valence-electron chi connectivity index (χ3n) is 4.04. The highest BCUT2D eigenvalue weighted by atomic mass is 16.2. The van der Waals surface area contributed by atoms with Crippen molar-refractivity contribution in [3.63, 3.8) is 0 Å². The second-order valence-corrected chi connectivity index (χ2v) is 5.95. The zero-order valence-electron chi connectivity index (χ0n) is 14.7. The summed E-state index contributed by atoms with van der Waals surface area (Å²) in [4.78, 5) is 12.1. The molecule has 130 valence electrons. The lowest BCUT2D eigenvalue weighted by atomic mass is 10.0. The zero-order chi connectivity index (χ0) is 18.4. The lowest BCUT2D eigenvalue weighted by Gasteiger charge is -2.01. The molecule has 1 heterocycles. The molecule has 0 unspecified atom stereocenters. The lowest BCUT2D eigenvalue weighted by Crippen LogP contribution is -2.17. The first-order valence-corrected chi connectivity index (χ1v) is 8.31. The molecule has 0 atom stereocenters. The molecule has 0 bridgehead atoms. The average molecular weight is 344 g/mol. The number of carbonyl (C=O) groups is 1. The summed E-state index contributed by atoms with van der Waals surface area (Å²) < 4.78 is 0. The van der Waals surface area contributed by atoms with Crippen LogP contribution < -0.4 is 5.43 Å². The Balaban J connectivity index is 1.60. The van der Waals surface area contributed by atoms with Gasteiger partial charge in [0.2, 0.25) is 0 Å². The van der Waals surface area contributed by atoms with Gasteiger partial charge in [0.15, 0.2) is 0 Å². The van der Waals surface area contributed by atoms with Crippen LogP contribution >= 0.6 is 0 Å². The minimum Gasteiger partial charge on any atom is -0.272 e. The van der Waals surface area contributed by atoms with E-state index in [4.69, 9.17) is 0 Å². The van der Waals surface area contributed by atoms with E-state index < -0.39 is 0 Å².